The Labute approximate surface area is 201 Å². The molecule has 4 rings (SSSR count). The van der Waals surface area contributed by atoms with Crippen LogP contribution >= 0.6 is 27.5 Å². The molecule has 0 aliphatic carbocycles. The summed E-state index contributed by atoms with van der Waals surface area (Å²) < 4.78 is 28.9. The lowest BCUT2D eigenvalue weighted by molar-refractivity contribution is -0.132. The summed E-state index contributed by atoms with van der Waals surface area (Å²) in [5, 5.41) is 0.461. The number of carbonyl (C=O) groups excluding carboxylic acids is 1. The quantitative estimate of drug-likeness (QED) is 0.454. The summed E-state index contributed by atoms with van der Waals surface area (Å²) in [4.78, 5) is 15.1. The van der Waals surface area contributed by atoms with Gasteiger partial charge in [-0.25, -0.2) is 8.42 Å². The highest BCUT2D eigenvalue weighted by molar-refractivity contribution is 9.10. The minimum absolute atomic E-state index is 0.00817. The molecule has 0 aromatic heterocycles. The smallest absolute Gasteiger partial charge is 0.243 e. The third kappa shape index (κ3) is 5.07. The number of hydrogen-bond donors (Lipinski definition) is 0. The first-order valence-electron chi connectivity index (χ1n) is 10.2. The molecule has 166 valence electrons. The lowest BCUT2D eigenvalue weighted by atomic mass is 10.00. The van der Waals surface area contributed by atoms with E-state index in [2.05, 4.69) is 22.0 Å². The van der Waals surface area contributed by atoms with Crippen molar-refractivity contribution in [2.45, 2.75) is 24.4 Å². The van der Waals surface area contributed by atoms with Crippen LogP contribution in [0.5, 0.6) is 0 Å². The molecule has 1 aliphatic heterocycles. The van der Waals surface area contributed by atoms with Crippen molar-refractivity contribution in [3.8, 4) is 0 Å². The van der Waals surface area contributed by atoms with Crippen molar-refractivity contribution in [2.24, 2.45) is 0 Å². The number of halogens is 2. The monoisotopic (exact) mass is 532 g/mol. The molecule has 0 spiro atoms. The molecule has 32 heavy (non-hydrogen) atoms. The first-order chi connectivity index (χ1) is 15.3. The summed E-state index contributed by atoms with van der Waals surface area (Å²) in [7, 11) is -3.92. The summed E-state index contributed by atoms with van der Waals surface area (Å²) in [5.74, 6) is -0.229. The molecule has 0 saturated heterocycles. The topological polar surface area (TPSA) is 57.7 Å². The zero-order chi connectivity index (χ0) is 22.7. The van der Waals surface area contributed by atoms with Crippen molar-refractivity contribution in [1.82, 2.24) is 9.21 Å². The minimum Gasteiger partial charge on any atom is -0.337 e. The zero-order valence-electron chi connectivity index (χ0n) is 17.2. The van der Waals surface area contributed by atoms with Crippen LogP contribution in [-0.4, -0.2) is 36.6 Å². The van der Waals surface area contributed by atoms with Crippen molar-refractivity contribution >= 4 is 43.5 Å². The second-order valence-corrected chi connectivity index (χ2v) is 10.9. The summed E-state index contributed by atoms with van der Waals surface area (Å²) in [6.07, 6.45) is 0.756. The van der Waals surface area contributed by atoms with Crippen LogP contribution in [0.1, 0.15) is 16.7 Å². The van der Waals surface area contributed by atoms with E-state index in [1.165, 1.54) is 22.0 Å². The van der Waals surface area contributed by atoms with Crippen molar-refractivity contribution < 1.29 is 13.2 Å². The normalized spacial score (nSPS) is 13.8. The number of hydrogen-bond acceptors (Lipinski definition) is 3. The fourth-order valence-electron chi connectivity index (χ4n) is 3.76. The summed E-state index contributed by atoms with van der Waals surface area (Å²) in [5.41, 5.74) is 2.97. The van der Waals surface area contributed by atoms with Gasteiger partial charge in [0.25, 0.3) is 0 Å². The van der Waals surface area contributed by atoms with Crippen LogP contribution in [-0.2, 0) is 34.3 Å². The Morgan fingerprint density at radius 3 is 2.34 bits per heavy atom. The van der Waals surface area contributed by atoms with Crippen molar-refractivity contribution in [2.75, 3.05) is 13.1 Å². The van der Waals surface area contributed by atoms with E-state index in [1.54, 1.807) is 41.3 Å². The average Bonchev–Trinajstić information content (AvgIpc) is 2.80. The Hall–Kier alpha value is -2.19. The van der Waals surface area contributed by atoms with Gasteiger partial charge in [0.1, 0.15) is 0 Å². The molecule has 8 heteroatoms. The minimum atomic E-state index is -3.92. The third-order valence-electron chi connectivity index (χ3n) is 5.55. The molecule has 1 heterocycles. The molecule has 0 radical (unpaired) electrons. The summed E-state index contributed by atoms with van der Waals surface area (Å²) in [6.45, 7) is 0.793. The summed E-state index contributed by atoms with van der Waals surface area (Å²) in [6, 6.07) is 21.5. The Morgan fingerprint density at radius 2 is 1.62 bits per heavy atom. The van der Waals surface area contributed by atoms with Crippen molar-refractivity contribution in [3.63, 3.8) is 0 Å². The fraction of sp³-hybridized carbons (Fsp3) is 0.208. The number of carbonyl (C=O) groups is 1. The maximum absolute atomic E-state index is 13.5. The van der Waals surface area contributed by atoms with E-state index >= 15 is 0 Å². The maximum Gasteiger partial charge on any atom is 0.243 e. The van der Waals surface area contributed by atoms with Gasteiger partial charge in [-0.15, -0.1) is 0 Å². The van der Waals surface area contributed by atoms with Crippen LogP contribution in [0.3, 0.4) is 0 Å². The number of rotatable bonds is 6. The van der Waals surface area contributed by atoms with Gasteiger partial charge in [0.15, 0.2) is 0 Å². The van der Waals surface area contributed by atoms with Gasteiger partial charge in [-0.1, -0.05) is 70.0 Å². The molecule has 3 aromatic carbocycles. The molecule has 0 fully saturated rings. The fourth-order valence-corrected chi connectivity index (χ4v) is 5.59. The predicted molar refractivity (Wildman–Crippen MR) is 129 cm³/mol. The second kappa shape index (κ2) is 9.75. The molecular weight excluding hydrogens is 512 g/mol. The Morgan fingerprint density at radius 1 is 0.969 bits per heavy atom. The van der Waals surface area contributed by atoms with E-state index in [-0.39, 0.29) is 23.9 Å². The molecule has 3 aromatic rings. The number of fused-ring (bicyclic) bond motifs is 1. The molecule has 0 atom stereocenters. The number of nitrogens with zero attached hydrogens (tertiary/aromatic N) is 2. The van der Waals surface area contributed by atoms with Crippen LogP contribution < -0.4 is 0 Å². The van der Waals surface area contributed by atoms with Gasteiger partial charge in [0, 0.05) is 29.1 Å². The molecule has 1 aliphatic rings. The second-order valence-electron chi connectivity index (χ2n) is 7.65. The van der Waals surface area contributed by atoms with Gasteiger partial charge in [0.05, 0.1) is 11.4 Å². The predicted octanol–water partition coefficient (Wildman–Crippen LogP) is 4.88. The number of amides is 1. The van der Waals surface area contributed by atoms with Crippen LogP contribution in [0, 0.1) is 0 Å². The van der Waals surface area contributed by atoms with Crippen LogP contribution in [0.15, 0.2) is 82.2 Å². The molecule has 0 saturated carbocycles. The van der Waals surface area contributed by atoms with E-state index < -0.39 is 10.0 Å². The van der Waals surface area contributed by atoms with Crippen molar-refractivity contribution in [3.05, 3.63) is 99.0 Å². The van der Waals surface area contributed by atoms with E-state index in [4.69, 9.17) is 11.6 Å². The average molecular weight is 534 g/mol. The van der Waals surface area contributed by atoms with Crippen molar-refractivity contribution in [1.29, 1.82) is 0 Å². The van der Waals surface area contributed by atoms with Gasteiger partial charge in [-0.3, -0.25) is 4.79 Å². The Balaban J connectivity index is 1.61. The molecule has 0 N–H and O–H groups in total. The van der Waals surface area contributed by atoms with Gasteiger partial charge in [0.2, 0.25) is 15.9 Å². The molecule has 0 bridgehead atoms. The first-order valence-corrected chi connectivity index (χ1v) is 12.8. The zero-order valence-corrected chi connectivity index (χ0v) is 20.4. The lowest BCUT2D eigenvalue weighted by Gasteiger charge is -2.31. The van der Waals surface area contributed by atoms with Crippen LogP contribution in [0.4, 0.5) is 0 Å². The lowest BCUT2D eigenvalue weighted by Crippen LogP contribution is -2.44. The third-order valence-corrected chi connectivity index (χ3v) is 8.25. The highest BCUT2D eigenvalue weighted by Crippen LogP contribution is 2.25. The van der Waals surface area contributed by atoms with Crippen LogP contribution in [0.2, 0.25) is 5.02 Å². The van der Waals surface area contributed by atoms with E-state index in [0.717, 1.165) is 16.5 Å². The van der Waals surface area contributed by atoms with Gasteiger partial charge in [-0.05, 0) is 53.4 Å². The highest BCUT2D eigenvalue weighted by atomic mass is 79.9. The van der Waals surface area contributed by atoms with Gasteiger partial charge < -0.3 is 4.90 Å². The number of benzene rings is 3. The maximum atomic E-state index is 13.5. The summed E-state index contributed by atoms with van der Waals surface area (Å²) >= 11 is 9.64. The molecular formula is C24H22BrClN2O3S. The van der Waals surface area contributed by atoms with Gasteiger partial charge in [-0.2, -0.15) is 4.31 Å². The molecule has 1 amide bonds. The Kier molecular flexibility index (Phi) is 7.00. The number of sulfonamides is 1. The molecule has 0 unspecified atom stereocenters. The highest BCUT2D eigenvalue weighted by Gasteiger charge is 2.30. The van der Waals surface area contributed by atoms with E-state index in [9.17, 15) is 13.2 Å². The molecule has 5 nitrogen and oxygen atoms in total. The Bertz CT molecular complexity index is 1230. The SMILES string of the molecule is O=C(CN(Cc1ccccc1Cl)S(=O)(=O)c1ccc(Br)cc1)N1CCc2ccccc2C1. The van der Waals surface area contributed by atoms with E-state index in [0.29, 0.717) is 23.7 Å². The largest absolute Gasteiger partial charge is 0.337 e. The van der Waals surface area contributed by atoms with E-state index in [1.807, 2.05) is 18.2 Å². The van der Waals surface area contributed by atoms with Gasteiger partial charge >= 0.3 is 0 Å². The standard InChI is InChI=1S/C24H22BrClN2O3S/c25-21-9-11-22(12-10-21)32(30,31)28(16-20-7-3-4-8-23(20)26)17-24(29)27-14-13-18-5-1-2-6-19(18)15-27/h1-12H,13-17H2. The van der Waals surface area contributed by atoms with Crippen LogP contribution in [0.25, 0.3) is 0 Å². The first kappa shape index (κ1) is 23.0.